The Bertz CT molecular complexity index is 500. The minimum atomic E-state index is 0.271. The fourth-order valence-corrected chi connectivity index (χ4v) is 1.83. The van der Waals surface area contributed by atoms with Gasteiger partial charge < -0.3 is 5.73 Å². The van der Waals surface area contributed by atoms with Crippen molar-refractivity contribution < 1.29 is 0 Å². The van der Waals surface area contributed by atoms with E-state index in [1.54, 1.807) is 0 Å². The van der Waals surface area contributed by atoms with Gasteiger partial charge in [-0.05, 0) is 25.3 Å². The van der Waals surface area contributed by atoms with Gasteiger partial charge in [-0.15, -0.1) is 0 Å². The molecule has 18 heavy (non-hydrogen) atoms. The molecule has 0 saturated carbocycles. The number of nitrogens with two attached hydrogens (primary N) is 1. The number of aromatic nitrogens is 3. The third-order valence-electron chi connectivity index (χ3n) is 2.80. The monoisotopic (exact) mass is 242 g/mol. The lowest BCUT2D eigenvalue weighted by Gasteiger charge is -2.04. The highest BCUT2D eigenvalue weighted by molar-refractivity contribution is 5.56. The van der Waals surface area contributed by atoms with Gasteiger partial charge in [0.1, 0.15) is 5.82 Å². The number of rotatable bonds is 4. The fourth-order valence-electron chi connectivity index (χ4n) is 1.83. The normalized spacial score (nSPS) is 10.6. The molecule has 4 heteroatoms. The molecule has 0 saturated heterocycles. The van der Waals surface area contributed by atoms with E-state index in [9.17, 15) is 0 Å². The van der Waals surface area contributed by atoms with Crippen LogP contribution in [0.25, 0.3) is 11.4 Å². The van der Waals surface area contributed by atoms with Crippen LogP contribution in [0.2, 0.25) is 0 Å². The van der Waals surface area contributed by atoms with Crippen molar-refractivity contribution in [1.82, 2.24) is 15.0 Å². The Hall–Kier alpha value is -1.97. The zero-order chi connectivity index (χ0) is 13.0. The van der Waals surface area contributed by atoms with E-state index in [0.29, 0.717) is 11.6 Å². The smallest absolute Gasteiger partial charge is 0.223 e. The van der Waals surface area contributed by atoms with Crippen LogP contribution in [0, 0.1) is 6.92 Å². The molecule has 0 amide bonds. The number of aryl methyl sites for hydroxylation is 2. The Morgan fingerprint density at radius 1 is 1.06 bits per heavy atom. The van der Waals surface area contributed by atoms with Crippen LogP contribution >= 0.6 is 0 Å². The van der Waals surface area contributed by atoms with Gasteiger partial charge >= 0.3 is 0 Å². The molecule has 1 aromatic heterocycles. The molecule has 2 N–H and O–H groups in total. The first kappa shape index (κ1) is 12.5. The molecule has 4 nitrogen and oxygen atoms in total. The summed E-state index contributed by atoms with van der Waals surface area (Å²) in [5.41, 5.74) is 7.96. The van der Waals surface area contributed by atoms with E-state index < -0.39 is 0 Å². The van der Waals surface area contributed by atoms with Crippen LogP contribution in [0.5, 0.6) is 0 Å². The average molecular weight is 242 g/mol. The lowest BCUT2D eigenvalue weighted by atomic mass is 10.1. The summed E-state index contributed by atoms with van der Waals surface area (Å²) in [6.07, 6.45) is 3.55. The lowest BCUT2D eigenvalue weighted by molar-refractivity contribution is 0.795. The van der Waals surface area contributed by atoms with Gasteiger partial charge in [-0.3, -0.25) is 0 Å². The highest BCUT2D eigenvalue weighted by Crippen LogP contribution is 2.17. The standard InChI is InChI=1S/C14H18N4/c1-3-4-5-11-6-8-12(9-7-11)13-16-10(2)17-14(15)18-13/h6-9H,3-5H2,1-2H3,(H2,15,16,17,18). The van der Waals surface area contributed by atoms with Gasteiger partial charge in [-0.25, -0.2) is 4.98 Å². The van der Waals surface area contributed by atoms with Gasteiger partial charge in [0.25, 0.3) is 0 Å². The van der Waals surface area contributed by atoms with Crippen LogP contribution in [-0.4, -0.2) is 15.0 Å². The zero-order valence-electron chi connectivity index (χ0n) is 10.8. The Balaban J connectivity index is 2.23. The van der Waals surface area contributed by atoms with E-state index in [2.05, 4.69) is 34.0 Å². The molecule has 0 aliphatic carbocycles. The van der Waals surface area contributed by atoms with E-state index in [-0.39, 0.29) is 5.95 Å². The van der Waals surface area contributed by atoms with Crippen LogP contribution in [0.4, 0.5) is 5.95 Å². The zero-order valence-corrected chi connectivity index (χ0v) is 10.8. The molecule has 0 aliphatic rings. The topological polar surface area (TPSA) is 64.7 Å². The molecule has 1 aromatic carbocycles. The van der Waals surface area contributed by atoms with Crippen molar-refractivity contribution >= 4 is 5.95 Å². The molecule has 0 aliphatic heterocycles. The predicted octanol–water partition coefficient (Wildman–Crippen LogP) is 2.77. The van der Waals surface area contributed by atoms with Crippen LogP contribution in [-0.2, 0) is 6.42 Å². The number of unbranched alkanes of at least 4 members (excludes halogenated alkanes) is 1. The first-order chi connectivity index (χ1) is 8.69. The van der Waals surface area contributed by atoms with E-state index in [0.717, 1.165) is 12.0 Å². The highest BCUT2D eigenvalue weighted by Gasteiger charge is 2.04. The van der Waals surface area contributed by atoms with Crippen molar-refractivity contribution in [2.75, 3.05) is 5.73 Å². The Labute approximate surface area is 107 Å². The maximum Gasteiger partial charge on any atom is 0.223 e. The summed E-state index contributed by atoms with van der Waals surface area (Å²) >= 11 is 0. The van der Waals surface area contributed by atoms with Crippen LogP contribution < -0.4 is 5.73 Å². The number of nitrogen functional groups attached to an aromatic ring is 1. The SMILES string of the molecule is CCCCc1ccc(-c2nc(C)nc(N)n2)cc1. The summed E-state index contributed by atoms with van der Waals surface area (Å²) in [5, 5.41) is 0. The second kappa shape index (κ2) is 5.58. The van der Waals surface area contributed by atoms with Crippen molar-refractivity contribution in [1.29, 1.82) is 0 Å². The Kier molecular flexibility index (Phi) is 3.87. The van der Waals surface area contributed by atoms with Crippen molar-refractivity contribution in [3.63, 3.8) is 0 Å². The van der Waals surface area contributed by atoms with E-state index >= 15 is 0 Å². The average Bonchev–Trinajstić information content (AvgIpc) is 2.36. The van der Waals surface area contributed by atoms with E-state index in [4.69, 9.17) is 5.73 Å². The molecule has 94 valence electrons. The van der Waals surface area contributed by atoms with Crippen LogP contribution in [0.1, 0.15) is 31.2 Å². The van der Waals surface area contributed by atoms with Gasteiger partial charge in [0.2, 0.25) is 5.95 Å². The Morgan fingerprint density at radius 2 is 1.78 bits per heavy atom. The molecule has 1 heterocycles. The van der Waals surface area contributed by atoms with Gasteiger partial charge in [-0.1, -0.05) is 37.6 Å². The lowest BCUT2D eigenvalue weighted by Crippen LogP contribution is -2.01. The second-order valence-corrected chi connectivity index (χ2v) is 4.36. The molecular weight excluding hydrogens is 224 g/mol. The van der Waals surface area contributed by atoms with Gasteiger partial charge in [0, 0.05) is 5.56 Å². The predicted molar refractivity (Wildman–Crippen MR) is 73.0 cm³/mol. The van der Waals surface area contributed by atoms with Crippen LogP contribution in [0.3, 0.4) is 0 Å². The number of hydrogen-bond acceptors (Lipinski definition) is 4. The molecule has 0 spiro atoms. The van der Waals surface area contributed by atoms with Gasteiger partial charge in [0.05, 0.1) is 0 Å². The largest absolute Gasteiger partial charge is 0.368 e. The molecule has 0 fully saturated rings. The maximum absolute atomic E-state index is 5.63. The molecule has 2 rings (SSSR count). The minimum Gasteiger partial charge on any atom is -0.368 e. The summed E-state index contributed by atoms with van der Waals surface area (Å²) in [6, 6.07) is 8.33. The van der Waals surface area contributed by atoms with E-state index in [1.165, 1.54) is 18.4 Å². The summed E-state index contributed by atoms with van der Waals surface area (Å²) in [7, 11) is 0. The van der Waals surface area contributed by atoms with Crippen LogP contribution in [0.15, 0.2) is 24.3 Å². The van der Waals surface area contributed by atoms with E-state index in [1.807, 2.05) is 19.1 Å². The number of anilines is 1. The molecule has 0 radical (unpaired) electrons. The third kappa shape index (κ3) is 3.03. The molecular formula is C14H18N4. The number of nitrogens with zero attached hydrogens (tertiary/aromatic N) is 3. The number of benzene rings is 1. The van der Waals surface area contributed by atoms with Crippen molar-refractivity contribution in [3.05, 3.63) is 35.7 Å². The fraction of sp³-hybridized carbons (Fsp3) is 0.357. The third-order valence-corrected chi connectivity index (χ3v) is 2.80. The maximum atomic E-state index is 5.63. The van der Waals surface area contributed by atoms with Gasteiger partial charge in [0.15, 0.2) is 5.82 Å². The minimum absolute atomic E-state index is 0.271. The molecule has 0 unspecified atom stereocenters. The summed E-state index contributed by atoms with van der Waals surface area (Å²) < 4.78 is 0. The molecule has 0 atom stereocenters. The van der Waals surface area contributed by atoms with Gasteiger partial charge in [-0.2, -0.15) is 9.97 Å². The first-order valence-electron chi connectivity index (χ1n) is 6.26. The number of hydrogen-bond donors (Lipinski definition) is 1. The molecule has 0 bridgehead atoms. The summed E-state index contributed by atoms with van der Waals surface area (Å²) in [6.45, 7) is 4.02. The first-order valence-corrected chi connectivity index (χ1v) is 6.26. The molecule has 2 aromatic rings. The summed E-state index contributed by atoms with van der Waals surface area (Å²) in [5.74, 6) is 1.56. The highest BCUT2D eigenvalue weighted by atomic mass is 15.1. The van der Waals surface area contributed by atoms with Crippen molar-refractivity contribution in [2.45, 2.75) is 33.1 Å². The summed E-state index contributed by atoms with van der Waals surface area (Å²) in [4.78, 5) is 12.4. The Morgan fingerprint density at radius 3 is 2.39 bits per heavy atom. The quantitative estimate of drug-likeness (QED) is 0.895. The van der Waals surface area contributed by atoms with Crippen molar-refractivity contribution in [2.24, 2.45) is 0 Å². The van der Waals surface area contributed by atoms with Crippen molar-refractivity contribution in [3.8, 4) is 11.4 Å². The second-order valence-electron chi connectivity index (χ2n) is 4.36.